The number of carboxylic acids is 1. The van der Waals surface area contributed by atoms with Gasteiger partial charge in [0, 0.05) is 36.1 Å². The summed E-state index contributed by atoms with van der Waals surface area (Å²) in [6.07, 6.45) is 2.84. The Labute approximate surface area is 208 Å². The van der Waals surface area contributed by atoms with Crippen molar-refractivity contribution in [3.05, 3.63) is 94.9 Å². The lowest BCUT2D eigenvalue weighted by atomic mass is 10.1. The molecule has 36 heavy (non-hydrogen) atoms. The molecule has 2 heterocycles. The van der Waals surface area contributed by atoms with E-state index in [9.17, 15) is 4.79 Å². The molecule has 2 aromatic heterocycles. The molecule has 0 aliphatic rings. The largest absolute Gasteiger partial charge is 0.489 e. The van der Waals surface area contributed by atoms with Crippen molar-refractivity contribution in [3.8, 4) is 17.0 Å². The number of aromatic amines is 1. The summed E-state index contributed by atoms with van der Waals surface area (Å²) in [6.45, 7) is 2.93. The van der Waals surface area contributed by atoms with Crippen molar-refractivity contribution in [2.45, 2.75) is 26.5 Å². The van der Waals surface area contributed by atoms with Crippen LogP contribution in [0.2, 0.25) is 0 Å². The van der Waals surface area contributed by atoms with Crippen molar-refractivity contribution in [3.63, 3.8) is 0 Å². The molecule has 3 aromatic carbocycles. The van der Waals surface area contributed by atoms with Gasteiger partial charge < -0.3 is 25.1 Å². The van der Waals surface area contributed by atoms with Gasteiger partial charge in [0.2, 0.25) is 0 Å². The molecule has 0 radical (unpaired) electrons. The molecule has 5 rings (SSSR count). The van der Waals surface area contributed by atoms with Gasteiger partial charge >= 0.3 is 0 Å². The summed E-state index contributed by atoms with van der Waals surface area (Å²) in [5, 5.41) is 8.35. The monoisotopic (exact) mass is 484 g/mol. The van der Waals surface area contributed by atoms with Gasteiger partial charge in [0.1, 0.15) is 18.1 Å². The molecule has 0 spiro atoms. The van der Waals surface area contributed by atoms with E-state index >= 15 is 0 Å². The zero-order valence-corrected chi connectivity index (χ0v) is 20.0. The van der Waals surface area contributed by atoms with Crippen molar-refractivity contribution < 1.29 is 14.6 Å². The number of aromatic nitrogens is 3. The molecule has 184 valence electrons. The summed E-state index contributed by atoms with van der Waals surface area (Å²) in [7, 11) is 0. The Morgan fingerprint density at radius 3 is 2.56 bits per heavy atom. The minimum Gasteiger partial charge on any atom is -0.489 e. The molecule has 8 nitrogen and oxygen atoms in total. The Bertz CT molecular complexity index is 1540. The molecule has 0 aliphatic heterocycles. The second-order valence-corrected chi connectivity index (χ2v) is 8.28. The van der Waals surface area contributed by atoms with Crippen molar-refractivity contribution in [2.75, 3.05) is 6.54 Å². The summed E-state index contributed by atoms with van der Waals surface area (Å²) in [5.41, 5.74) is 10.3. The van der Waals surface area contributed by atoms with E-state index in [1.54, 1.807) is 0 Å². The molecule has 8 heteroatoms. The normalized spacial score (nSPS) is 10.7. The number of fused-ring (bicyclic) bond motifs is 2. The number of rotatable bonds is 7. The minimum absolute atomic E-state index is 0.211. The first-order valence-corrected chi connectivity index (χ1v) is 11.6. The number of nitrogens with one attached hydrogen (secondary N) is 1. The second-order valence-electron chi connectivity index (χ2n) is 8.28. The van der Waals surface area contributed by atoms with Crippen molar-refractivity contribution in [2.24, 2.45) is 5.73 Å². The summed E-state index contributed by atoms with van der Waals surface area (Å²) in [5.74, 6) is -0.0867. The molecule has 0 amide bonds. The van der Waals surface area contributed by atoms with Gasteiger partial charge in [0.05, 0.1) is 11.0 Å². The van der Waals surface area contributed by atoms with Crippen LogP contribution in [0.4, 0.5) is 0 Å². The number of aliphatic carboxylic acids is 1. The van der Waals surface area contributed by atoms with Crippen molar-refractivity contribution >= 4 is 27.9 Å². The third-order valence-electron chi connectivity index (χ3n) is 5.56. The third kappa shape index (κ3) is 5.79. The van der Waals surface area contributed by atoms with E-state index < -0.39 is 5.97 Å². The van der Waals surface area contributed by atoms with Crippen LogP contribution in [-0.2, 0) is 17.9 Å². The number of benzene rings is 3. The maximum absolute atomic E-state index is 12.9. The smallest absolute Gasteiger partial charge is 0.300 e. The molecule has 0 bridgehead atoms. The molecule has 4 N–H and O–H groups in total. The fraction of sp³-hybridized carbons (Fsp3) is 0.179. The average Bonchev–Trinajstić information content (AvgIpc) is 3.23. The van der Waals surface area contributed by atoms with E-state index in [1.165, 1.54) is 0 Å². The van der Waals surface area contributed by atoms with Crippen LogP contribution in [-0.4, -0.2) is 32.2 Å². The number of hydrogen-bond acceptors (Lipinski definition) is 5. The van der Waals surface area contributed by atoms with E-state index in [0.29, 0.717) is 18.8 Å². The molecule has 0 atom stereocenters. The number of hydrogen-bond donors (Lipinski definition) is 3. The Morgan fingerprint density at radius 2 is 1.81 bits per heavy atom. The van der Waals surface area contributed by atoms with E-state index in [2.05, 4.69) is 14.5 Å². The van der Waals surface area contributed by atoms with E-state index in [0.717, 1.165) is 58.7 Å². The first kappa shape index (κ1) is 24.7. The zero-order valence-electron chi connectivity index (χ0n) is 20.0. The number of carbonyl (C=O) groups is 1. The number of ether oxygens (including phenoxy) is 1. The van der Waals surface area contributed by atoms with Gasteiger partial charge in [-0.15, -0.1) is 0 Å². The number of carboxylic acid groups (broad SMARTS) is 1. The van der Waals surface area contributed by atoms with E-state index in [-0.39, 0.29) is 5.56 Å². The zero-order chi connectivity index (χ0) is 25.5. The predicted molar refractivity (Wildman–Crippen MR) is 141 cm³/mol. The molecular formula is C28H28N4O4. The van der Waals surface area contributed by atoms with Crippen molar-refractivity contribution in [1.29, 1.82) is 0 Å². The SMILES string of the molecule is CC(=O)O.NCCCn1cc(-c2nc3ccccc3[nH]c2=O)c2cc(OCc3ccccc3)ccc21. The average molecular weight is 485 g/mol. The highest BCUT2D eigenvalue weighted by atomic mass is 16.5. The first-order valence-electron chi connectivity index (χ1n) is 11.6. The van der Waals surface area contributed by atoms with Gasteiger partial charge in [-0.25, -0.2) is 4.98 Å². The quantitative estimate of drug-likeness (QED) is 0.311. The van der Waals surface area contributed by atoms with Crippen LogP contribution >= 0.6 is 0 Å². The number of H-pyrrole nitrogens is 1. The summed E-state index contributed by atoms with van der Waals surface area (Å²) >= 11 is 0. The van der Waals surface area contributed by atoms with Gasteiger partial charge in [0.15, 0.2) is 0 Å². The third-order valence-corrected chi connectivity index (χ3v) is 5.56. The van der Waals surface area contributed by atoms with Crippen molar-refractivity contribution in [1.82, 2.24) is 14.5 Å². The van der Waals surface area contributed by atoms with Crippen LogP contribution in [0.25, 0.3) is 33.2 Å². The molecule has 0 saturated carbocycles. The number of nitrogens with zero attached hydrogens (tertiary/aromatic N) is 2. The van der Waals surface area contributed by atoms with Gasteiger partial charge in [0.25, 0.3) is 11.5 Å². The van der Waals surface area contributed by atoms with Crippen LogP contribution in [0.5, 0.6) is 5.75 Å². The summed E-state index contributed by atoms with van der Waals surface area (Å²) in [6, 6.07) is 23.6. The number of para-hydroxylation sites is 2. The summed E-state index contributed by atoms with van der Waals surface area (Å²) < 4.78 is 8.18. The molecule has 0 fully saturated rings. The minimum atomic E-state index is -0.833. The first-order chi connectivity index (χ1) is 17.5. The lowest BCUT2D eigenvalue weighted by Crippen LogP contribution is -2.11. The highest BCUT2D eigenvalue weighted by Gasteiger charge is 2.16. The number of nitrogens with two attached hydrogens (primary N) is 1. The van der Waals surface area contributed by atoms with Crippen LogP contribution in [0.15, 0.2) is 83.8 Å². The van der Waals surface area contributed by atoms with Gasteiger partial charge in [-0.1, -0.05) is 42.5 Å². The molecular weight excluding hydrogens is 456 g/mol. The van der Waals surface area contributed by atoms with E-state index in [1.807, 2.05) is 79.0 Å². The highest BCUT2D eigenvalue weighted by molar-refractivity contribution is 5.96. The lowest BCUT2D eigenvalue weighted by Gasteiger charge is -2.08. The Kier molecular flexibility index (Phi) is 7.77. The molecule has 0 unspecified atom stereocenters. The van der Waals surface area contributed by atoms with Crippen LogP contribution in [0.1, 0.15) is 18.9 Å². The Balaban J connectivity index is 0.000000709. The Morgan fingerprint density at radius 1 is 1.08 bits per heavy atom. The van der Waals surface area contributed by atoms with E-state index in [4.69, 9.17) is 20.4 Å². The molecule has 0 aliphatic carbocycles. The van der Waals surface area contributed by atoms with Crippen LogP contribution < -0.4 is 16.0 Å². The fourth-order valence-corrected chi connectivity index (χ4v) is 3.95. The highest BCUT2D eigenvalue weighted by Crippen LogP contribution is 2.32. The van der Waals surface area contributed by atoms with Gasteiger partial charge in [-0.05, 0) is 48.9 Å². The summed E-state index contributed by atoms with van der Waals surface area (Å²) in [4.78, 5) is 29.6. The number of aryl methyl sites for hydroxylation is 1. The van der Waals surface area contributed by atoms with Gasteiger partial charge in [-0.2, -0.15) is 0 Å². The predicted octanol–water partition coefficient (Wildman–Crippen LogP) is 4.56. The fourth-order valence-electron chi connectivity index (χ4n) is 3.95. The Hall–Kier alpha value is -4.43. The standard InChI is InChI=1S/C26H24N4O2.C2H4O2/c27-13-6-14-30-16-21(25-26(31)29-23-10-5-4-9-22(23)28-25)20-15-19(11-12-24(20)30)32-17-18-7-2-1-3-8-18;1-2(3)4/h1-5,7-12,15-16H,6,13-14,17,27H2,(H,29,31);1H3,(H,3,4). The maximum atomic E-state index is 12.9. The van der Waals surface area contributed by atoms with Gasteiger partial charge in [-0.3, -0.25) is 9.59 Å². The van der Waals surface area contributed by atoms with Crippen LogP contribution in [0, 0.1) is 0 Å². The lowest BCUT2D eigenvalue weighted by molar-refractivity contribution is -0.134. The van der Waals surface area contributed by atoms with Crippen LogP contribution in [0.3, 0.4) is 0 Å². The second kappa shape index (κ2) is 11.3. The maximum Gasteiger partial charge on any atom is 0.300 e. The molecule has 0 saturated heterocycles. The topological polar surface area (TPSA) is 123 Å². The molecule has 5 aromatic rings.